The molecule has 1 aliphatic heterocycles. The average molecular weight is 495 g/mol. The van der Waals surface area contributed by atoms with Crippen LogP contribution in [0.15, 0.2) is 0 Å². The van der Waals surface area contributed by atoms with Gasteiger partial charge in [-0.3, -0.25) is 14.4 Å². The van der Waals surface area contributed by atoms with E-state index in [1.165, 1.54) is 13.8 Å². The van der Waals surface area contributed by atoms with Gasteiger partial charge < -0.3 is 57.1 Å². The summed E-state index contributed by atoms with van der Waals surface area (Å²) in [5.74, 6) is -4.56. The quantitative estimate of drug-likeness (QED) is 0.103. The van der Waals surface area contributed by atoms with Crippen LogP contribution in [0.5, 0.6) is 0 Å². The molecule has 2 amide bonds. The van der Waals surface area contributed by atoms with Crippen LogP contribution in [0.2, 0.25) is 0 Å². The molecule has 8 atom stereocenters. The minimum absolute atomic E-state index is 0.142. The number of hydrogen-bond acceptors (Lipinski definition) is 11. The number of ether oxygens (including phenoxy) is 1. The van der Waals surface area contributed by atoms with Crippen LogP contribution < -0.4 is 21.7 Å². The van der Waals surface area contributed by atoms with E-state index in [0.717, 1.165) is 0 Å². The van der Waals surface area contributed by atoms with E-state index in [-0.39, 0.29) is 19.4 Å². The van der Waals surface area contributed by atoms with Gasteiger partial charge in [-0.2, -0.15) is 0 Å². The Kier molecular flexibility index (Phi) is 12.3. The fraction of sp³-hybridized carbons (Fsp3) is 0.850. The molecule has 0 radical (unpaired) electrons. The summed E-state index contributed by atoms with van der Waals surface area (Å²) in [5, 5.41) is 66.1. The summed E-state index contributed by atoms with van der Waals surface area (Å²) < 4.78 is 5.18. The summed E-state index contributed by atoms with van der Waals surface area (Å²) >= 11 is 0. The number of hydrogen-bond donors (Lipinski definition) is 10. The molecule has 1 rings (SSSR count). The number of unbranched alkanes of at least 4 members (excludes halogenated alkanes) is 1. The number of aliphatic hydroxyl groups is 5. The molecule has 1 aliphatic rings. The van der Waals surface area contributed by atoms with Crippen molar-refractivity contribution in [3.05, 3.63) is 0 Å². The molecule has 11 N–H and O–H groups in total. The summed E-state index contributed by atoms with van der Waals surface area (Å²) in [5.41, 5.74) is 5.52. The van der Waals surface area contributed by atoms with Gasteiger partial charge in [0.05, 0.1) is 12.6 Å². The molecule has 0 aromatic carbocycles. The largest absolute Gasteiger partial charge is 0.480 e. The summed E-state index contributed by atoms with van der Waals surface area (Å²) in [7, 11) is 0. The van der Waals surface area contributed by atoms with Gasteiger partial charge in [0.15, 0.2) is 5.79 Å². The molecule has 0 saturated carbocycles. The number of carbonyl (C=O) groups is 3. The number of rotatable bonds is 14. The van der Waals surface area contributed by atoms with Crippen molar-refractivity contribution in [2.75, 3.05) is 19.7 Å². The topological polar surface area (TPSA) is 244 Å². The lowest BCUT2D eigenvalue weighted by Crippen LogP contribution is -2.65. The first kappa shape index (κ1) is 30.1. The van der Waals surface area contributed by atoms with Crippen molar-refractivity contribution >= 4 is 17.8 Å². The van der Waals surface area contributed by atoms with Crippen molar-refractivity contribution in [1.29, 1.82) is 0 Å². The first-order valence-electron chi connectivity index (χ1n) is 11.2. The highest BCUT2D eigenvalue weighted by Gasteiger charge is 2.52. The molecular weight excluding hydrogens is 456 g/mol. The van der Waals surface area contributed by atoms with Gasteiger partial charge in [-0.25, -0.2) is 0 Å². The van der Waals surface area contributed by atoms with E-state index in [0.29, 0.717) is 19.4 Å². The highest BCUT2D eigenvalue weighted by Crippen LogP contribution is 2.30. The first-order valence-corrected chi connectivity index (χ1v) is 11.2. The molecule has 8 unspecified atom stereocenters. The monoisotopic (exact) mass is 494 g/mol. The predicted molar refractivity (Wildman–Crippen MR) is 117 cm³/mol. The number of aliphatic carboxylic acids is 1. The van der Waals surface area contributed by atoms with Gasteiger partial charge in [-0.15, -0.1) is 0 Å². The van der Waals surface area contributed by atoms with E-state index in [1.807, 2.05) is 0 Å². The molecule has 0 aromatic rings. The maximum Gasteiger partial charge on any atom is 0.325 e. The zero-order valence-corrected chi connectivity index (χ0v) is 19.4. The van der Waals surface area contributed by atoms with Crippen LogP contribution in [-0.2, 0) is 19.1 Å². The van der Waals surface area contributed by atoms with Crippen molar-refractivity contribution < 1.29 is 49.8 Å². The van der Waals surface area contributed by atoms with Crippen LogP contribution in [0, 0.1) is 0 Å². The molecule has 198 valence electrons. The number of nitrogens with two attached hydrogens (primary N) is 1. The number of nitrogens with one attached hydrogen (secondary N) is 3. The van der Waals surface area contributed by atoms with Gasteiger partial charge in [-0.05, 0) is 39.7 Å². The highest BCUT2D eigenvalue weighted by atomic mass is 16.7. The lowest BCUT2D eigenvalue weighted by Gasteiger charge is -2.45. The van der Waals surface area contributed by atoms with Crippen molar-refractivity contribution in [1.82, 2.24) is 16.0 Å². The first-order chi connectivity index (χ1) is 15.8. The maximum atomic E-state index is 12.4. The van der Waals surface area contributed by atoms with Crippen LogP contribution in [0.1, 0.15) is 39.5 Å². The summed E-state index contributed by atoms with van der Waals surface area (Å²) in [6, 6.07) is -2.94. The van der Waals surface area contributed by atoms with Gasteiger partial charge in [0.1, 0.15) is 36.5 Å². The Labute approximate surface area is 197 Å². The number of carbonyl (C=O) groups excluding carboxylic acids is 2. The molecular formula is C20H38N4O10. The minimum Gasteiger partial charge on any atom is -0.480 e. The lowest BCUT2D eigenvalue weighted by molar-refractivity contribution is -0.350. The summed E-state index contributed by atoms with van der Waals surface area (Å²) in [6.45, 7) is 2.70. The Bertz CT molecular complexity index is 680. The van der Waals surface area contributed by atoms with Crippen LogP contribution >= 0.6 is 0 Å². The van der Waals surface area contributed by atoms with Crippen LogP contribution in [0.4, 0.5) is 0 Å². The fourth-order valence-corrected chi connectivity index (χ4v) is 3.37. The molecule has 1 heterocycles. The standard InChI is InChI=1S/C20H38N4O10/c1-10(21)17(29)24-12(18(30)23-11(2)19(31)32)5-3-4-7-22-8-6-20(33)16(28)15(27)14(26)13(9-25)34-20/h10-16,22,25-28,33H,3-9,21H2,1-2H3,(H,23,30)(H,24,29)(H,31,32). The zero-order valence-electron chi connectivity index (χ0n) is 19.4. The van der Waals surface area contributed by atoms with E-state index in [1.54, 1.807) is 0 Å². The molecule has 0 aliphatic carbocycles. The van der Waals surface area contributed by atoms with Gasteiger partial charge >= 0.3 is 5.97 Å². The third-order valence-corrected chi connectivity index (χ3v) is 5.58. The van der Waals surface area contributed by atoms with Gasteiger partial charge in [0.2, 0.25) is 11.8 Å². The fourth-order valence-electron chi connectivity index (χ4n) is 3.37. The summed E-state index contributed by atoms with van der Waals surface area (Å²) in [6.07, 6.45) is -5.13. The highest BCUT2D eigenvalue weighted by molar-refractivity contribution is 5.91. The van der Waals surface area contributed by atoms with Crippen molar-refractivity contribution in [3.63, 3.8) is 0 Å². The maximum absolute atomic E-state index is 12.4. The molecule has 1 saturated heterocycles. The van der Waals surface area contributed by atoms with Crippen LogP contribution in [0.3, 0.4) is 0 Å². The molecule has 34 heavy (non-hydrogen) atoms. The SMILES string of the molecule is CC(N)C(=O)NC(CCCCNCCC1(O)OC(CO)C(O)C(O)C1O)C(=O)NC(C)C(=O)O. The van der Waals surface area contributed by atoms with Crippen molar-refractivity contribution in [2.24, 2.45) is 5.73 Å². The predicted octanol–water partition coefficient (Wildman–Crippen LogP) is -4.28. The van der Waals surface area contributed by atoms with Crippen LogP contribution in [-0.4, -0.2) is 116 Å². The second-order valence-corrected chi connectivity index (χ2v) is 8.52. The average Bonchev–Trinajstić information content (AvgIpc) is 2.78. The van der Waals surface area contributed by atoms with E-state index in [9.17, 15) is 39.9 Å². The third-order valence-electron chi connectivity index (χ3n) is 5.58. The number of carboxylic acids is 1. The van der Waals surface area contributed by atoms with Crippen molar-refractivity contribution in [2.45, 2.75) is 87.9 Å². The minimum atomic E-state index is -2.16. The Morgan fingerprint density at radius 3 is 2.24 bits per heavy atom. The lowest BCUT2D eigenvalue weighted by atomic mass is 9.91. The second-order valence-electron chi connectivity index (χ2n) is 8.52. The van der Waals surface area contributed by atoms with E-state index >= 15 is 0 Å². The number of aliphatic hydroxyl groups excluding tert-OH is 4. The zero-order chi connectivity index (χ0) is 26.1. The number of carboxylic acid groups (broad SMARTS) is 1. The van der Waals surface area contributed by atoms with Gasteiger partial charge in [0, 0.05) is 13.0 Å². The number of amides is 2. The van der Waals surface area contributed by atoms with E-state index in [2.05, 4.69) is 16.0 Å². The third kappa shape index (κ3) is 8.70. The Morgan fingerprint density at radius 2 is 1.68 bits per heavy atom. The Morgan fingerprint density at radius 1 is 1.03 bits per heavy atom. The molecule has 0 aromatic heterocycles. The summed E-state index contributed by atoms with van der Waals surface area (Å²) in [4.78, 5) is 35.2. The molecule has 0 bridgehead atoms. The molecule has 1 fully saturated rings. The van der Waals surface area contributed by atoms with E-state index in [4.69, 9.17) is 15.6 Å². The molecule has 14 heteroatoms. The smallest absolute Gasteiger partial charge is 0.325 e. The normalized spacial score (nSPS) is 29.6. The molecule has 14 nitrogen and oxygen atoms in total. The van der Waals surface area contributed by atoms with Gasteiger partial charge in [0.25, 0.3) is 0 Å². The van der Waals surface area contributed by atoms with E-state index < -0.39 is 72.7 Å². The molecule has 0 spiro atoms. The Balaban J connectivity index is 2.47. The Hall–Kier alpha value is -1.91. The van der Waals surface area contributed by atoms with Crippen molar-refractivity contribution in [3.8, 4) is 0 Å². The van der Waals surface area contributed by atoms with Gasteiger partial charge in [-0.1, -0.05) is 0 Å². The van der Waals surface area contributed by atoms with Crippen LogP contribution in [0.25, 0.3) is 0 Å². The second kappa shape index (κ2) is 13.8.